The van der Waals surface area contributed by atoms with Crippen molar-refractivity contribution in [1.82, 2.24) is 4.90 Å². The highest BCUT2D eigenvalue weighted by Gasteiger charge is 2.42. The smallest absolute Gasteiger partial charge is 0.324 e. The minimum absolute atomic E-state index is 0.214. The van der Waals surface area contributed by atoms with Crippen LogP contribution in [-0.2, 0) is 6.54 Å². The van der Waals surface area contributed by atoms with Gasteiger partial charge in [-0.3, -0.25) is 15.0 Å². The van der Waals surface area contributed by atoms with Gasteiger partial charge in [0.2, 0.25) is 0 Å². The molecule has 1 aliphatic heterocycles. The van der Waals surface area contributed by atoms with Crippen LogP contribution in [0.25, 0.3) is 0 Å². The lowest BCUT2D eigenvalue weighted by molar-refractivity contribution is -0.380. The highest BCUT2D eigenvalue weighted by atomic mass is 32.1. The van der Waals surface area contributed by atoms with Gasteiger partial charge in [-0.2, -0.15) is 0 Å². The van der Waals surface area contributed by atoms with Crippen LogP contribution in [0.1, 0.15) is 37.7 Å². The first kappa shape index (κ1) is 14.0. The van der Waals surface area contributed by atoms with Gasteiger partial charge in [0.25, 0.3) is 0 Å². The maximum absolute atomic E-state index is 10.7. The molecular formula is C14H20N2O3S. The molecule has 0 bridgehead atoms. The summed E-state index contributed by atoms with van der Waals surface area (Å²) in [7, 11) is 0. The molecule has 1 aliphatic carbocycles. The second-order valence-electron chi connectivity index (χ2n) is 6.08. The lowest BCUT2D eigenvalue weighted by Crippen LogP contribution is -2.52. The molecule has 20 heavy (non-hydrogen) atoms. The summed E-state index contributed by atoms with van der Waals surface area (Å²) in [5.74, 6) is 0.374. The summed E-state index contributed by atoms with van der Waals surface area (Å²) >= 11 is 1.19. The molecule has 0 aromatic carbocycles. The van der Waals surface area contributed by atoms with Crippen LogP contribution in [-0.4, -0.2) is 33.6 Å². The summed E-state index contributed by atoms with van der Waals surface area (Å²) in [5.41, 5.74) is 0.568. The average molecular weight is 296 g/mol. The lowest BCUT2D eigenvalue weighted by Gasteiger charge is -2.47. The van der Waals surface area contributed by atoms with Crippen LogP contribution >= 0.6 is 11.3 Å². The fraction of sp³-hybridized carbons (Fsp3) is 0.714. The Balaban J connectivity index is 1.63. The Bertz CT molecular complexity index is 504. The van der Waals surface area contributed by atoms with Crippen LogP contribution in [0.5, 0.6) is 0 Å². The summed E-state index contributed by atoms with van der Waals surface area (Å²) in [4.78, 5) is 12.7. The standard InChI is InChI=1S/C14H20N2O3S/c17-14-4-2-1-3-12(14)9-15(6-5-14)8-11-7-13(16(18)19)20-10-11/h7,10,12,17H,1-6,8-9H2. The molecule has 0 amide bonds. The highest BCUT2D eigenvalue weighted by molar-refractivity contribution is 7.13. The number of likely N-dealkylation sites (tertiary alicyclic amines) is 1. The van der Waals surface area contributed by atoms with E-state index < -0.39 is 5.60 Å². The predicted molar refractivity (Wildman–Crippen MR) is 77.8 cm³/mol. The van der Waals surface area contributed by atoms with E-state index in [1.807, 2.05) is 5.38 Å². The van der Waals surface area contributed by atoms with E-state index in [-0.39, 0.29) is 9.92 Å². The Morgan fingerprint density at radius 1 is 1.50 bits per heavy atom. The molecule has 1 N–H and O–H groups in total. The molecule has 1 aromatic heterocycles. The Morgan fingerprint density at radius 2 is 2.35 bits per heavy atom. The third-order valence-electron chi connectivity index (χ3n) is 4.74. The van der Waals surface area contributed by atoms with E-state index in [0.717, 1.165) is 50.9 Å². The summed E-state index contributed by atoms with van der Waals surface area (Å²) in [6.07, 6.45) is 5.24. The van der Waals surface area contributed by atoms with E-state index >= 15 is 0 Å². The van der Waals surface area contributed by atoms with Crippen molar-refractivity contribution in [3.05, 3.63) is 27.1 Å². The molecule has 0 radical (unpaired) electrons. The summed E-state index contributed by atoms with van der Waals surface area (Å²) in [5, 5.41) is 23.4. The van der Waals surface area contributed by atoms with Gasteiger partial charge in [0, 0.05) is 37.0 Å². The number of piperidine rings is 1. The number of nitro groups is 1. The zero-order valence-corrected chi connectivity index (χ0v) is 12.3. The van der Waals surface area contributed by atoms with Crippen molar-refractivity contribution >= 4 is 16.3 Å². The van der Waals surface area contributed by atoms with Gasteiger partial charge in [0.05, 0.1) is 10.5 Å². The van der Waals surface area contributed by atoms with E-state index in [1.54, 1.807) is 6.07 Å². The normalized spacial score (nSPS) is 30.9. The maximum Gasteiger partial charge on any atom is 0.324 e. The predicted octanol–water partition coefficient (Wildman–Crippen LogP) is 2.78. The molecule has 2 atom stereocenters. The molecule has 3 rings (SSSR count). The van der Waals surface area contributed by atoms with E-state index in [9.17, 15) is 15.2 Å². The Labute approximate surface area is 122 Å². The van der Waals surface area contributed by atoms with Gasteiger partial charge >= 0.3 is 5.00 Å². The first-order chi connectivity index (χ1) is 9.57. The number of hydrogen-bond donors (Lipinski definition) is 1. The lowest BCUT2D eigenvalue weighted by atomic mass is 9.71. The van der Waals surface area contributed by atoms with Gasteiger partial charge < -0.3 is 5.11 Å². The number of rotatable bonds is 3. The number of fused-ring (bicyclic) bond motifs is 1. The second kappa shape index (κ2) is 5.42. The topological polar surface area (TPSA) is 66.6 Å². The molecule has 2 unspecified atom stereocenters. The van der Waals surface area contributed by atoms with Crippen LogP contribution < -0.4 is 0 Å². The molecule has 6 heteroatoms. The van der Waals surface area contributed by atoms with E-state index in [1.165, 1.54) is 17.8 Å². The van der Waals surface area contributed by atoms with Crippen LogP contribution in [0, 0.1) is 16.0 Å². The van der Waals surface area contributed by atoms with Crippen molar-refractivity contribution in [1.29, 1.82) is 0 Å². The van der Waals surface area contributed by atoms with E-state index in [0.29, 0.717) is 5.92 Å². The highest BCUT2D eigenvalue weighted by Crippen LogP contribution is 2.40. The molecule has 1 saturated carbocycles. The number of thiophene rings is 1. The van der Waals surface area contributed by atoms with Crippen molar-refractivity contribution in [3.63, 3.8) is 0 Å². The molecule has 110 valence electrons. The second-order valence-corrected chi connectivity index (χ2v) is 6.97. The minimum atomic E-state index is -0.449. The van der Waals surface area contributed by atoms with Gasteiger partial charge in [0.15, 0.2) is 0 Å². The van der Waals surface area contributed by atoms with Crippen molar-refractivity contribution in [2.45, 2.75) is 44.2 Å². The van der Waals surface area contributed by atoms with Crippen LogP contribution in [0.3, 0.4) is 0 Å². The zero-order valence-electron chi connectivity index (χ0n) is 11.5. The summed E-state index contributed by atoms with van der Waals surface area (Å²) < 4.78 is 0. The molecule has 2 heterocycles. The summed E-state index contributed by atoms with van der Waals surface area (Å²) in [6, 6.07) is 1.67. The minimum Gasteiger partial charge on any atom is -0.390 e. The quantitative estimate of drug-likeness (QED) is 0.688. The Morgan fingerprint density at radius 3 is 3.10 bits per heavy atom. The van der Waals surface area contributed by atoms with Crippen molar-refractivity contribution < 1.29 is 10.0 Å². The fourth-order valence-corrected chi connectivity index (χ4v) is 4.30. The zero-order chi connectivity index (χ0) is 14.2. The molecule has 2 fully saturated rings. The van der Waals surface area contributed by atoms with Crippen molar-refractivity contribution in [2.75, 3.05) is 13.1 Å². The largest absolute Gasteiger partial charge is 0.390 e. The Hall–Kier alpha value is -0.980. The van der Waals surface area contributed by atoms with Crippen LogP contribution in [0.2, 0.25) is 0 Å². The van der Waals surface area contributed by atoms with Crippen LogP contribution in [0.15, 0.2) is 11.4 Å². The molecule has 2 aliphatic rings. The molecule has 0 spiro atoms. The monoisotopic (exact) mass is 296 g/mol. The SMILES string of the molecule is O=[N+]([O-])c1cc(CN2CCC3(O)CCCCC3C2)cs1. The number of hydrogen-bond acceptors (Lipinski definition) is 5. The maximum atomic E-state index is 10.7. The molecular weight excluding hydrogens is 276 g/mol. The van der Waals surface area contributed by atoms with Gasteiger partial charge in [-0.25, -0.2) is 0 Å². The third kappa shape index (κ3) is 2.73. The third-order valence-corrected chi connectivity index (χ3v) is 5.67. The average Bonchev–Trinajstić information content (AvgIpc) is 2.88. The fourth-order valence-electron chi connectivity index (χ4n) is 3.58. The van der Waals surface area contributed by atoms with E-state index in [2.05, 4.69) is 4.90 Å². The molecule has 5 nitrogen and oxygen atoms in total. The number of nitrogens with zero attached hydrogens (tertiary/aromatic N) is 2. The van der Waals surface area contributed by atoms with Crippen molar-refractivity contribution in [2.24, 2.45) is 5.92 Å². The van der Waals surface area contributed by atoms with Gasteiger partial charge in [0.1, 0.15) is 0 Å². The molecule has 1 saturated heterocycles. The van der Waals surface area contributed by atoms with Gasteiger partial charge in [-0.1, -0.05) is 24.2 Å². The molecule has 1 aromatic rings. The van der Waals surface area contributed by atoms with Crippen LogP contribution in [0.4, 0.5) is 5.00 Å². The first-order valence-electron chi connectivity index (χ1n) is 7.23. The Kier molecular flexibility index (Phi) is 3.79. The first-order valence-corrected chi connectivity index (χ1v) is 8.11. The van der Waals surface area contributed by atoms with Gasteiger partial charge in [-0.15, -0.1) is 0 Å². The number of aliphatic hydroxyl groups is 1. The summed E-state index contributed by atoms with van der Waals surface area (Å²) in [6.45, 7) is 2.56. The van der Waals surface area contributed by atoms with Gasteiger partial charge in [-0.05, 0) is 24.8 Å². The van der Waals surface area contributed by atoms with Crippen molar-refractivity contribution in [3.8, 4) is 0 Å². The van der Waals surface area contributed by atoms with E-state index in [4.69, 9.17) is 0 Å².